The fourth-order valence-corrected chi connectivity index (χ4v) is 3.98. The molecule has 7 heteroatoms. The lowest BCUT2D eigenvalue weighted by Crippen LogP contribution is -2.37. The van der Waals surface area contributed by atoms with Gasteiger partial charge in [-0.25, -0.2) is 9.07 Å². The fraction of sp³-hybridized carbons (Fsp3) is 0.250. The molecule has 1 aliphatic heterocycles. The summed E-state index contributed by atoms with van der Waals surface area (Å²) in [6.07, 6.45) is 2.05. The van der Waals surface area contributed by atoms with Crippen molar-refractivity contribution in [3.05, 3.63) is 82.4 Å². The minimum absolute atomic E-state index is 0.153. The smallest absolute Gasteiger partial charge is 0.254 e. The van der Waals surface area contributed by atoms with Crippen molar-refractivity contribution >= 4 is 11.0 Å². The van der Waals surface area contributed by atoms with E-state index >= 15 is 0 Å². The Morgan fingerprint density at radius 3 is 2.71 bits per heavy atom. The van der Waals surface area contributed by atoms with Crippen LogP contribution in [0, 0.1) is 5.82 Å². The van der Waals surface area contributed by atoms with Crippen LogP contribution in [0.15, 0.2) is 65.5 Å². The Balaban J connectivity index is 1.60. The number of nitrogens with zero attached hydrogens (tertiary/aromatic N) is 2. The molecule has 3 heterocycles. The molecule has 4 aromatic rings. The molecule has 0 amide bonds. The zero-order valence-corrected chi connectivity index (χ0v) is 17.0. The Morgan fingerprint density at radius 1 is 1.16 bits per heavy atom. The Morgan fingerprint density at radius 2 is 1.97 bits per heavy atom. The molecule has 0 aliphatic carbocycles. The van der Waals surface area contributed by atoms with Gasteiger partial charge in [-0.3, -0.25) is 4.79 Å². The van der Waals surface area contributed by atoms with Crippen LogP contribution in [0.1, 0.15) is 18.4 Å². The van der Waals surface area contributed by atoms with E-state index in [0.29, 0.717) is 30.1 Å². The molecular formula is C24H23FN4O2. The molecule has 158 valence electrons. The quantitative estimate of drug-likeness (QED) is 0.517. The van der Waals surface area contributed by atoms with Gasteiger partial charge in [-0.05, 0) is 55.3 Å². The van der Waals surface area contributed by atoms with Crippen LogP contribution < -0.4 is 10.9 Å². The van der Waals surface area contributed by atoms with Crippen molar-refractivity contribution in [2.24, 2.45) is 0 Å². The van der Waals surface area contributed by atoms with Crippen LogP contribution in [0.2, 0.25) is 0 Å². The number of pyridine rings is 1. The number of aromatic amines is 1. The summed E-state index contributed by atoms with van der Waals surface area (Å²) in [6, 6.07) is 18.0. The van der Waals surface area contributed by atoms with Crippen molar-refractivity contribution in [2.75, 3.05) is 13.2 Å². The second-order valence-corrected chi connectivity index (χ2v) is 7.78. The largest absolute Gasteiger partial charge is 0.380 e. The molecule has 2 aromatic heterocycles. The minimum Gasteiger partial charge on any atom is -0.380 e. The number of hydrogen-bond donors (Lipinski definition) is 2. The summed E-state index contributed by atoms with van der Waals surface area (Å²) in [6.45, 7) is 1.90. The standard InChI is InChI=1S/C24H23FN4O2/c25-18-10-8-16(9-11-18)22-21-13-17(14-26-19-5-4-12-31-15-19)24(30)27-23(21)29(28-22)20-6-2-1-3-7-20/h1-3,6-11,13,19,26H,4-5,12,14-15H2,(H,27,30). The summed E-state index contributed by atoms with van der Waals surface area (Å²) in [7, 11) is 0. The molecule has 1 saturated heterocycles. The van der Waals surface area contributed by atoms with Gasteiger partial charge in [0.2, 0.25) is 0 Å². The average molecular weight is 418 g/mol. The van der Waals surface area contributed by atoms with Gasteiger partial charge in [-0.15, -0.1) is 0 Å². The highest BCUT2D eigenvalue weighted by Gasteiger charge is 2.18. The van der Waals surface area contributed by atoms with Crippen LogP contribution in [0.4, 0.5) is 4.39 Å². The van der Waals surface area contributed by atoms with E-state index in [9.17, 15) is 9.18 Å². The van der Waals surface area contributed by atoms with Gasteiger partial charge in [0.15, 0.2) is 0 Å². The van der Waals surface area contributed by atoms with Crippen molar-refractivity contribution in [2.45, 2.75) is 25.4 Å². The number of ether oxygens (including phenoxy) is 1. The van der Waals surface area contributed by atoms with Crippen LogP contribution in [0.3, 0.4) is 0 Å². The van der Waals surface area contributed by atoms with Gasteiger partial charge < -0.3 is 15.0 Å². The van der Waals surface area contributed by atoms with Crippen LogP contribution >= 0.6 is 0 Å². The highest BCUT2D eigenvalue weighted by Crippen LogP contribution is 2.29. The van der Waals surface area contributed by atoms with Crippen LogP contribution in [0.5, 0.6) is 0 Å². The fourth-order valence-electron chi connectivity index (χ4n) is 3.98. The van der Waals surface area contributed by atoms with E-state index in [1.807, 2.05) is 36.4 Å². The van der Waals surface area contributed by atoms with Gasteiger partial charge in [-0.2, -0.15) is 5.10 Å². The third-order valence-electron chi connectivity index (χ3n) is 5.62. The first-order valence-corrected chi connectivity index (χ1v) is 10.5. The van der Waals surface area contributed by atoms with E-state index in [1.54, 1.807) is 16.8 Å². The third kappa shape index (κ3) is 4.02. The number of halogens is 1. The third-order valence-corrected chi connectivity index (χ3v) is 5.62. The normalized spacial score (nSPS) is 16.6. The second kappa shape index (κ2) is 8.45. The molecule has 6 nitrogen and oxygen atoms in total. The van der Waals surface area contributed by atoms with Crippen LogP contribution in [-0.2, 0) is 11.3 Å². The van der Waals surface area contributed by atoms with Gasteiger partial charge in [0.05, 0.1) is 12.3 Å². The Hall–Kier alpha value is -3.29. The summed E-state index contributed by atoms with van der Waals surface area (Å²) in [5, 5.41) is 9.01. The summed E-state index contributed by atoms with van der Waals surface area (Å²) in [4.78, 5) is 15.9. The first-order chi connectivity index (χ1) is 15.2. The topological polar surface area (TPSA) is 71.9 Å². The van der Waals surface area contributed by atoms with Gasteiger partial charge in [0, 0.05) is 35.7 Å². The molecule has 31 heavy (non-hydrogen) atoms. The summed E-state index contributed by atoms with van der Waals surface area (Å²) in [5.74, 6) is -0.302. The Bertz CT molecular complexity index is 1240. The van der Waals surface area contributed by atoms with Gasteiger partial charge in [0.1, 0.15) is 17.2 Å². The zero-order valence-electron chi connectivity index (χ0n) is 17.0. The maximum absolute atomic E-state index is 13.5. The summed E-state index contributed by atoms with van der Waals surface area (Å²) in [5.41, 5.74) is 3.40. The van der Waals surface area contributed by atoms with E-state index < -0.39 is 0 Å². The summed E-state index contributed by atoms with van der Waals surface area (Å²) < 4.78 is 20.7. The molecule has 0 bridgehead atoms. The molecule has 1 unspecified atom stereocenters. The molecule has 0 radical (unpaired) electrons. The lowest BCUT2D eigenvalue weighted by Gasteiger charge is -2.23. The number of H-pyrrole nitrogens is 1. The molecule has 0 spiro atoms. The lowest BCUT2D eigenvalue weighted by atomic mass is 10.1. The molecule has 2 N–H and O–H groups in total. The van der Waals surface area contributed by atoms with Crippen LogP contribution in [-0.4, -0.2) is 34.0 Å². The Kier molecular flexibility index (Phi) is 5.36. The molecule has 1 aliphatic rings. The average Bonchev–Trinajstić information content (AvgIpc) is 3.17. The summed E-state index contributed by atoms with van der Waals surface area (Å²) >= 11 is 0. The molecular weight excluding hydrogens is 395 g/mol. The van der Waals surface area contributed by atoms with Gasteiger partial charge >= 0.3 is 0 Å². The predicted octanol–water partition coefficient (Wildman–Crippen LogP) is 3.79. The zero-order chi connectivity index (χ0) is 21.2. The Labute approximate surface area is 178 Å². The maximum Gasteiger partial charge on any atom is 0.254 e. The van der Waals surface area contributed by atoms with Crippen LogP contribution in [0.25, 0.3) is 28.0 Å². The number of hydrogen-bond acceptors (Lipinski definition) is 4. The number of para-hydroxylation sites is 1. The second-order valence-electron chi connectivity index (χ2n) is 7.78. The van der Waals surface area contributed by atoms with Gasteiger partial charge in [0.25, 0.3) is 5.56 Å². The predicted molar refractivity (Wildman–Crippen MR) is 118 cm³/mol. The highest BCUT2D eigenvalue weighted by molar-refractivity contribution is 5.92. The maximum atomic E-state index is 13.5. The number of nitrogens with one attached hydrogen (secondary N) is 2. The van der Waals surface area contributed by atoms with E-state index in [1.165, 1.54) is 12.1 Å². The number of benzene rings is 2. The van der Waals surface area contributed by atoms with Crippen molar-refractivity contribution in [3.63, 3.8) is 0 Å². The number of fused-ring (bicyclic) bond motifs is 1. The molecule has 2 aromatic carbocycles. The first-order valence-electron chi connectivity index (χ1n) is 10.5. The van der Waals surface area contributed by atoms with Crippen molar-refractivity contribution < 1.29 is 9.13 Å². The molecule has 5 rings (SSSR count). The van der Waals surface area contributed by atoms with E-state index in [0.717, 1.165) is 36.1 Å². The van der Waals surface area contributed by atoms with E-state index in [2.05, 4.69) is 10.3 Å². The molecule has 1 fully saturated rings. The number of aromatic nitrogens is 3. The van der Waals surface area contributed by atoms with Crippen molar-refractivity contribution in [1.29, 1.82) is 0 Å². The lowest BCUT2D eigenvalue weighted by molar-refractivity contribution is 0.0699. The van der Waals surface area contributed by atoms with Gasteiger partial charge in [-0.1, -0.05) is 18.2 Å². The van der Waals surface area contributed by atoms with Crippen molar-refractivity contribution in [1.82, 2.24) is 20.1 Å². The molecule has 1 atom stereocenters. The molecule has 0 saturated carbocycles. The first kappa shape index (κ1) is 19.7. The highest BCUT2D eigenvalue weighted by atomic mass is 19.1. The van der Waals surface area contributed by atoms with Crippen molar-refractivity contribution in [3.8, 4) is 16.9 Å². The monoisotopic (exact) mass is 418 g/mol. The van der Waals surface area contributed by atoms with E-state index in [4.69, 9.17) is 9.84 Å². The minimum atomic E-state index is -0.302. The number of rotatable bonds is 5. The SMILES string of the molecule is O=c1[nH]c2c(cc1CNC1CCCOC1)c(-c1ccc(F)cc1)nn2-c1ccccc1. The van der Waals surface area contributed by atoms with E-state index in [-0.39, 0.29) is 17.4 Å².